The summed E-state index contributed by atoms with van der Waals surface area (Å²) in [5.41, 5.74) is 3.54. The molecule has 0 unspecified atom stereocenters. The van der Waals surface area contributed by atoms with Gasteiger partial charge in [0.15, 0.2) is 5.82 Å². The van der Waals surface area contributed by atoms with E-state index in [1.807, 2.05) is 23.8 Å². The summed E-state index contributed by atoms with van der Waals surface area (Å²) in [6.07, 6.45) is 6.82. The third-order valence-corrected chi connectivity index (χ3v) is 8.21. The fraction of sp³-hybridized carbons (Fsp3) is 0.484. The molecule has 2 N–H and O–H groups in total. The first-order valence-electron chi connectivity index (χ1n) is 14.5. The first kappa shape index (κ1) is 28.4. The number of hydrogen-bond donors (Lipinski definition) is 2. The van der Waals surface area contributed by atoms with Gasteiger partial charge in [0, 0.05) is 44.8 Å². The van der Waals surface area contributed by atoms with Crippen LogP contribution < -0.4 is 10.6 Å². The van der Waals surface area contributed by atoms with E-state index in [9.17, 15) is 13.6 Å². The van der Waals surface area contributed by atoms with Gasteiger partial charge in [-0.15, -0.1) is 0 Å². The lowest BCUT2D eigenvalue weighted by Crippen LogP contribution is -2.48. The molecule has 2 atom stereocenters. The van der Waals surface area contributed by atoms with E-state index < -0.39 is 17.7 Å². The number of benzene rings is 2. The number of fused-ring (bicyclic) bond motifs is 1. The van der Waals surface area contributed by atoms with E-state index in [1.54, 1.807) is 6.33 Å². The number of hydrogen-bond acceptors (Lipinski definition) is 5. The van der Waals surface area contributed by atoms with Crippen molar-refractivity contribution in [3.63, 3.8) is 0 Å². The van der Waals surface area contributed by atoms with Gasteiger partial charge in [-0.05, 0) is 61.1 Å². The zero-order valence-electron chi connectivity index (χ0n) is 23.5. The highest BCUT2D eigenvalue weighted by molar-refractivity contribution is 5.94. The quantitative estimate of drug-likeness (QED) is 0.388. The topological polar surface area (TPSA) is 65.4 Å². The molecule has 0 saturated carbocycles. The fourth-order valence-electron chi connectivity index (χ4n) is 5.93. The van der Waals surface area contributed by atoms with Gasteiger partial charge in [-0.1, -0.05) is 38.5 Å². The van der Waals surface area contributed by atoms with Gasteiger partial charge in [0.05, 0.1) is 17.9 Å². The fourth-order valence-corrected chi connectivity index (χ4v) is 5.93. The normalized spacial score (nSPS) is 18.9. The van der Waals surface area contributed by atoms with E-state index in [1.165, 1.54) is 11.6 Å². The molecule has 2 aromatic carbocycles. The molecule has 1 aliphatic heterocycles. The molecule has 7 nitrogen and oxygen atoms in total. The number of carbonyl (C=O) groups excluding carboxylic acids is 1. The van der Waals surface area contributed by atoms with Crippen LogP contribution in [0.15, 0.2) is 48.9 Å². The second-order valence-electron chi connectivity index (χ2n) is 11.0. The summed E-state index contributed by atoms with van der Waals surface area (Å²) in [5, 5.41) is 6.43. The Kier molecular flexibility index (Phi) is 9.24. The molecular formula is C31H40F2N6O. The Morgan fingerprint density at radius 1 is 1.10 bits per heavy atom. The molecule has 3 aromatic rings. The van der Waals surface area contributed by atoms with Crippen LogP contribution in [0.5, 0.6) is 0 Å². The SMILES string of the molecule is CCC[C@@H](N[C@H]1CCc2cc(F)cc(F)c2C1)C(=O)Nc1cn(-c2ccccc2CN2CCN(CC)CC2)cn1. The van der Waals surface area contributed by atoms with Crippen molar-refractivity contribution in [3.05, 3.63) is 77.2 Å². The molecule has 1 fully saturated rings. The number of anilines is 1. The molecule has 40 heavy (non-hydrogen) atoms. The summed E-state index contributed by atoms with van der Waals surface area (Å²) in [6, 6.07) is 10.2. The molecule has 214 valence electrons. The van der Waals surface area contributed by atoms with Crippen LogP contribution in [0.4, 0.5) is 14.6 Å². The number of carbonyl (C=O) groups is 1. The van der Waals surface area contributed by atoms with Gasteiger partial charge in [0.25, 0.3) is 0 Å². The second-order valence-corrected chi connectivity index (χ2v) is 11.0. The maximum absolute atomic E-state index is 14.4. The van der Waals surface area contributed by atoms with Crippen molar-refractivity contribution in [2.24, 2.45) is 0 Å². The Morgan fingerprint density at radius 2 is 1.88 bits per heavy atom. The van der Waals surface area contributed by atoms with Gasteiger partial charge < -0.3 is 20.1 Å². The van der Waals surface area contributed by atoms with Gasteiger partial charge >= 0.3 is 0 Å². The summed E-state index contributed by atoms with van der Waals surface area (Å²) >= 11 is 0. The Balaban J connectivity index is 1.22. The van der Waals surface area contributed by atoms with Gasteiger partial charge in [-0.25, -0.2) is 13.8 Å². The van der Waals surface area contributed by atoms with E-state index in [4.69, 9.17) is 0 Å². The number of piperazine rings is 1. The number of halogens is 2. The number of aryl methyl sites for hydroxylation is 1. The van der Waals surface area contributed by atoms with Crippen LogP contribution in [0.2, 0.25) is 0 Å². The molecule has 2 heterocycles. The van der Waals surface area contributed by atoms with Crippen LogP contribution in [0.3, 0.4) is 0 Å². The average Bonchev–Trinajstić information content (AvgIpc) is 3.42. The minimum atomic E-state index is -0.539. The van der Waals surface area contributed by atoms with Crippen molar-refractivity contribution < 1.29 is 13.6 Å². The van der Waals surface area contributed by atoms with E-state index in [2.05, 4.69) is 50.5 Å². The third kappa shape index (κ3) is 6.77. The zero-order chi connectivity index (χ0) is 28.1. The average molecular weight is 551 g/mol. The standard InChI is InChI=1S/C31H40F2N6O/c1-3-7-28(35-25-11-10-22-16-24(32)17-27(33)26(22)18-25)31(40)36-30-20-39(21-34-30)29-9-6-5-8-23(29)19-38-14-12-37(4-2)13-15-38/h5-6,8-9,16-17,20-21,25,28,35H,3-4,7,10-15,18-19H2,1-2H3,(H,36,40)/t25-,28+/m0/s1. The predicted octanol–water partition coefficient (Wildman–Crippen LogP) is 4.54. The van der Waals surface area contributed by atoms with Gasteiger partial charge in [0.2, 0.25) is 5.91 Å². The van der Waals surface area contributed by atoms with Crippen molar-refractivity contribution >= 4 is 11.7 Å². The molecule has 1 aromatic heterocycles. The molecule has 0 bridgehead atoms. The number of nitrogens with zero attached hydrogens (tertiary/aromatic N) is 4. The van der Waals surface area contributed by atoms with Gasteiger partial charge in [-0.2, -0.15) is 0 Å². The van der Waals surface area contributed by atoms with Crippen molar-refractivity contribution in [2.75, 3.05) is 38.0 Å². The number of aromatic nitrogens is 2. The first-order chi connectivity index (χ1) is 19.4. The van der Waals surface area contributed by atoms with Crippen molar-refractivity contribution in [1.82, 2.24) is 24.7 Å². The number of para-hydroxylation sites is 1. The monoisotopic (exact) mass is 550 g/mol. The summed E-state index contributed by atoms with van der Waals surface area (Å²) in [5.74, 6) is -0.705. The largest absolute Gasteiger partial charge is 0.308 e. The summed E-state index contributed by atoms with van der Waals surface area (Å²) in [7, 11) is 0. The predicted molar refractivity (Wildman–Crippen MR) is 154 cm³/mol. The van der Waals surface area contributed by atoms with Crippen LogP contribution in [-0.2, 0) is 24.2 Å². The number of amides is 1. The molecular weight excluding hydrogens is 510 g/mol. The maximum Gasteiger partial charge on any atom is 0.242 e. The molecule has 0 spiro atoms. The van der Waals surface area contributed by atoms with E-state index in [0.29, 0.717) is 30.6 Å². The Bertz CT molecular complexity index is 1300. The minimum Gasteiger partial charge on any atom is -0.308 e. The molecule has 9 heteroatoms. The smallest absolute Gasteiger partial charge is 0.242 e. The third-order valence-electron chi connectivity index (χ3n) is 8.21. The van der Waals surface area contributed by atoms with Crippen LogP contribution in [0, 0.1) is 11.6 Å². The Morgan fingerprint density at radius 3 is 2.65 bits per heavy atom. The lowest BCUT2D eigenvalue weighted by molar-refractivity contribution is -0.118. The van der Waals surface area contributed by atoms with Crippen LogP contribution in [-0.4, -0.2) is 70.1 Å². The minimum absolute atomic E-state index is 0.0570. The lowest BCUT2D eigenvalue weighted by atomic mass is 9.87. The van der Waals surface area contributed by atoms with Crippen LogP contribution in [0.25, 0.3) is 5.69 Å². The summed E-state index contributed by atoms with van der Waals surface area (Å²) < 4.78 is 30.0. The first-order valence-corrected chi connectivity index (χ1v) is 14.5. The summed E-state index contributed by atoms with van der Waals surface area (Å²) in [6.45, 7) is 10.5. The van der Waals surface area contributed by atoms with Crippen LogP contribution in [0.1, 0.15) is 49.8 Å². The molecule has 1 amide bonds. The zero-order valence-corrected chi connectivity index (χ0v) is 23.5. The maximum atomic E-state index is 14.4. The molecule has 5 rings (SSSR count). The van der Waals surface area contributed by atoms with Crippen molar-refractivity contribution in [3.8, 4) is 5.69 Å². The molecule has 1 saturated heterocycles. The molecule has 1 aliphatic carbocycles. The number of likely N-dealkylation sites (N-methyl/N-ethyl adjacent to an activating group) is 1. The van der Waals surface area contributed by atoms with Crippen molar-refractivity contribution in [1.29, 1.82) is 0 Å². The van der Waals surface area contributed by atoms with Crippen LogP contribution >= 0.6 is 0 Å². The number of nitrogens with one attached hydrogen (secondary N) is 2. The summed E-state index contributed by atoms with van der Waals surface area (Å²) in [4.78, 5) is 22.7. The van der Waals surface area contributed by atoms with Gasteiger partial charge in [-0.3, -0.25) is 9.69 Å². The highest BCUT2D eigenvalue weighted by Gasteiger charge is 2.27. The van der Waals surface area contributed by atoms with E-state index in [0.717, 1.165) is 69.4 Å². The van der Waals surface area contributed by atoms with Gasteiger partial charge in [0.1, 0.15) is 18.0 Å². The number of imidazole rings is 1. The second kappa shape index (κ2) is 13.0. The molecule has 2 aliphatic rings. The molecule has 0 radical (unpaired) electrons. The highest BCUT2D eigenvalue weighted by atomic mass is 19.1. The Hall–Kier alpha value is -3.14. The number of rotatable bonds is 10. The highest BCUT2D eigenvalue weighted by Crippen LogP contribution is 2.26. The lowest BCUT2D eigenvalue weighted by Gasteiger charge is -2.34. The Labute approximate surface area is 235 Å². The van der Waals surface area contributed by atoms with E-state index >= 15 is 0 Å². The van der Waals surface area contributed by atoms with E-state index in [-0.39, 0.29) is 11.9 Å². The van der Waals surface area contributed by atoms with Crippen molar-refractivity contribution in [2.45, 2.75) is 64.6 Å².